The van der Waals surface area contributed by atoms with Crippen molar-refractivity contribution in [2.75, 3.05) is 0 Å². The minimum atomic E-state index is 0.194. The molecule has 0 radical (unpaired) electrons. The van der Waals surface area contributed by atoms with E-state index < -0.39 is 0 Å². The maximum Gasteiger partial charge on any atom is -0.172 e. The van der Waals surface area contributed by atoms with E-state index >= 15 is 0 Å². The first-order valence-corrected chi connectivity index (χ1v) is 16.1. The van der Waals surface area contributed by atoms with Crippen LogP contribution in [0, 0.1) is 13.8 Å². The second kappa shape index (κ2) is 13.4. The molecule has 0 amide bonds. The van der Waals surface area contributed by atoms with Gasteiger partial charge < -0.3 is 0 Å². The van der Waals surface area contributed by atoms with E-state index in [4.69, 9.17) is 0 Å². The fourth-order valence-corrected chi connectivity index (χ4v) is 5.68. The van der Waals surface area contributed by atoms with Crippen LogP contribution in [0.2, 0.25) is 0 Å². The fraction of sp³-hybridized carbons (Fsp3) is 0.244. The van der Waals surface area contributed by atoms with Crippen LogP contribution in [0.15, 0.2) is 121 Å². The van der Waals surface area contributed by atoms with Crippen molar-refractivity contribution >= 4 is 24.8 Å². The Hall–Kier alpha value is -3.15. The maximum absolute atomic E-state index is 2.38. The van der Waals surface area contributed by atoms with Crippen LogP contribution < -0.4 is 0 Å². The summed E-state index contributed by atoms with van der Waals surface area (Å²) in [5, 5.41) is 5.49. The van der Waals surface area contributed by atoms with E-state index in [9.17, 15) is 0 Å². The summed E-state index contributed by atoms with van der Waals surface area (Å²) < 4.78 is 1.42. The molecule has 0 saturated carbocycles. The van der Waals surface area contributed by atoms with Crippen LogP contribution in [0.1, 0.15) is 74.9 Å². The molecule has 6 rings (SSSR count). The molecule has 0 aromatic heterocycles. The third-order valence-corrected chi connectivity index (χ3v) is 9.10. The normalized spacial score (nSPS) is 11.5. The molecule has 0 fully saturated rings. The van der Waals surface area contributed by atoms with Crippen molar-refractivity contribution in [3.05, 3.63) is 155 Å². The van der Waals surface area contributed by atoms with Gasteiger partial charge >= 0.3 is 112 Å². The summed E-state index contributed by atoms with van der Waals surface area (Å²) >= 11 is 1.46. The summed E-state index contributed by atoms with van der Waals surface area (Å²) in [6.45, 7) is 17.9. The summed E-state index contributed by atoms with van der Waals surface area (Å²) in [6, 6.07) is 43.7. The summed E-state index contributed by atoms with van der Waals surface area (Å²) in [7, 11) is 0. The van der Waals surface area contributed by atoms with Gasteiger partial charge in [0.25, 0.3) is 0 Å². The van der Waals surface area contributed by atoms with Crippen molar-refractivity contribution in [2.45, 2.75) is 66.2 Å². The Morgan fingerprint density at radius 1 is 0.548 bits per heavy atom. The summed E-state index contributed by atoms with van der Waals surface area (Å²) in [6.07, 6.45) is 0. The first-order valence-electron chi connectivity index (χ1n) is 14.9. The Labute approximate surface area is 268 Å². The Morgan fingerprint density at radius 2 is 0.929 bits per heavy atom. The van der Waals surface area contributed by atoms with Crippen LogP contribution in [-0.4, -0.2) is 3.21 Å². The topological polar surface area (TPSA) is 0 Å². The minimum Gasteiger partial charge on any atom is -0.214 e. The number of hydrogen-bond acceptors (Lipinski definition) is 0. The van der Waals surface area contributed by atoms with E-state index in [0.29, 0.717) is 0 Å². The van der Waals surface area contributed by atoms with Crippen molar-refractivity contribution in [1.82, 2.24) is 0 Å². The molecule has 0 aliphatic heterocycles. The van der Waals surface area contributed by atoms with Gasteiger partial charge in [0.2, 0.25) is 0 Å². The molecule has 0 heterocycles. The Bertz CT molecular complexity index is 1590. The largest absolute Gasteiger partial charge is 0.214 e. The molecule has 212 valence electrons. The Morgan fingerprint density at radius 3 is 1.24 bits per heavy atom. The van der Waals surface area contributed by atoms with Crippen molar-refractivity contribution in [3.8, 4) is 0 Å². The van der Waals surface area contributed by atoms with E-state index in [0.717, 1.165) is 0 Å². The Balaban J connectivity index is 0.000000170. The number of benzene rings is 4. The van der Waals surface area contributed by atoms with E-state index in [1.807, 2.05) is 30.3 Å². The minimum absolute atomic E-state index is 0.194. The molecule has 0 nitrogen and oxygen atoms in total. The monoisotopic (exact) mass is 626 g/mol. The molecule has 0 atom stereocenters. The summed E-state index contributed by atoms with van der Waals surface area (Å²) in [5.74, 6) is 0. The second-order valence-corrected chi connectivity index (χ2v) is 14.5. The predicted molar refractivity (Wildman–Crippen MR) is 182 cm³/mol. The first kappa shape index (κ1) is 31.8. The third-order valence-electron chi connectivity index (χ3n) is 7.68. The summed E-state index contributed by atoms with van der Waals surface area (Å²) in [4.78, 5) is 0. The van der Waals surface area contributed by atoms with Gasteiger partial charge in [-0.3, -0.25) is 0 Å². The molecule has 0 bridgehead atoms. The zero-order valence-corrected chi connectivity index (χ0v) is 29.0. The molecule has 0 unspecified atom stereocenters. The van der Waals surface area contributed by atoms with Gasteiger partial charge in [0, 0.05) is 0 Å². The van der Waals surface area contributed by atoms with Crippen LogP contribution >= 0.6 is 0 Å². The number of aryl methyl sites for hydroxylation is 2. The third kappa shape index (κ3) is 8.23. The molecule has 42 heavy (non-hydrogen) atoms. The van der Waals surface area contributed by atoms with Gasteiger partial charge in [0.05, 0.1) is 0 Å². The SMILES string of the molecule is CC(C)(C)c1ccc2[cH-]c3ccc(C(C)(C)C)cc3c2c1.Cc1ccc([C](=[Zr+2])c2ccc(C)cc2)cc1.c1cc[cH-]c1. The molecule has 0 spiro atoms. The second-order valence-electron chi connectivity index (χ2n) is 13.3. The molecule has 1 heteroatoms. The van der Waals surface area contributed by atoms with Gasteiger partial charge in [-0.15, -0.1) is 39.7 Å². The quantitative estimate of drug-likeness (QED) is 0.168. The standard InChI is InChI=1S/C21H25.C15H14.C5H5.Zr/c1-20(2,3)16-9-7-14-11-15-8-10-17(21(4,5)6)13-19(15)18(14)12-16;1-12-3-7-14(8-4-12)11-15-9-5-13(2)6-10-15;1-2-4-5-3-1;/h7-13H,1-6H3;3-10H,1-2H3;1-5H;/q-1;;-1;+2. The van der Waals surface area contributed by atoms with E-state index in [1.165, 1.54) is 82.4 Å². The van der Waals surface area contributed by atoms with Gasteiger partial charge in [-0.2, -0.15) is 18.2 Å². The molecule has 0 N–H and O–H groups in total. The van der Waals surface area contributed by atoms with Gasteiger partial charge in [-0.05, 0) is 10.8 Å². The fourth-order valence-electron chi connectivity index (χ4n) is 4.86. The smallest absolute Gasteiger partial charge is 0.172 e. The van der Waals surface area contributed by atoms with E-state index in [1.54, 1.807) is 0 Å². The molecular weight excluding hydrogens is 584 g/mol. The molecule has 6 aromatic carbocycles. The average molecular weight is 628 g/mol. The van der Waals surface area contributed by atoms with Gasteiger partial charge in [0.1, 0.15) is 0 Å². The average Bonchev–Trinajstić information content (AvgIpc) is 3.64. The van der Waals surface area contributed by atoms with Crippen molar-refractivity contribution < 1.29 is 24.2 Å². The maximum atomic E-state index is 2.38. The van der Waals surface area contributed by atoms with Gasteiger partial charge in [-0.1, -0.05) is 76.9 Å². The summed E-state index contributed by atoms with van der Waals surface area (Å²) in [5.41, 5.74) is 8.51. The molecule has 0 aliphatic carbocycles. The molecule has 6 aromatic rings. The van der Waals surface area contributed by atoms with Crippen molar-refractivity contribution in [1.29, 1.82) is 0 Å². The molecule has 0 aliphatic rings. The molecular formula is C41H44Zr. The predicted octanol–water partition coefficient (Wildman–Crippen LogP) is 11.1. The molecule has 0 saturated heterocycles. The number of rotatable bonds is 2. The van der Waals surface area contributed by atoms with Gasteiger partial charge in [0.15, 0.2) is 0 Å². The van der Waals surface area contributed by atoms with Crippen LogP contribution in [0.5, 0.6) is 0 Å². The van der Waals surface area contributed by atoms with Crippen LogP contribution in [-0.2, 0) is 35.1 Å². The van der Waals surface area contributed by atoms with Crippen molar-refractivity contribution in [2.24, 2.45) is 0 Å². The van der Waals surface area contributed by atoms with Crippen molar-refractivity contribution in [3.63, 3.8) is 0 Å². The first-order chi connectivity index (χ1) is 19.8. The Kier molecular flexibility index (Phi) is 10.2. The van der Waals surface area contributed by atoms with E-state index in [-0.39, 0.29) is 10.8 Å². The van der Waals surface area contributed by atoms with E-state index in [2.05, 4.69) is 146 Å². The number of hydrogen-bond donors (Lipinski definition) is 0. The van der Waals surface area contributed by atoms with Crippen LogP contribution in [0.3, 0.4) is 0 Å². The zero-order chi connectivity index (χ0) is 30.5. The van der Waals surface area contributed by atoms with Gasteiger partial charge in [-0.25, -0.2) is 12.1 Å². The van der Waals surface area contributed by atoms with Crippen LogP contribution in [0.4, 0.5) is 0 Å². The zero-order valence-electron chi connectivity index (χ0n) is 26.5. The van der Waals surface area contributed by atoms with Crippen LogP contribution in [0.25, 0.3) is 21.5 Å². The number of fused-ring (bicyclic) bond motifs is 3.